The Bertz CT molecular complexity index is 1520. The molecule has 208 valence electrons. The normalized spacial score (nSPS) is 22.3. The number of thioether (sulfide) groups is 1. The summed E-state index contributed by atoms with van der Waals surface area (Å²) in [5.41, 5.74) is 0.659. The molecule has 2 saturated heterocycles. The number of esters is 1. The van der Waals surface area contributed by atoms with E-state index in [1.165, 1.54) is 23.0 Å². The van der Waals surface area contributed by atoms with E-state index in [-0.39, 0.29) is 23.9 Å². The third-order valence-electron chi connectivity index (χ3n) is 7.54. The van der Waals surface area contributed by atoms with Gasteiger partial charge in [-0.3, -0.25) is 23.7 Å². The van der Waals surface area contributed by atoms with Gasteiger partial charge in [0.05, 0.1) is 45.9 Å². The Balaban J connectivity index is 1.36. The van der Waals surface area contributed by atoms with Gasteiger partial charge in [-0.25, -0.2) is 9.69 Å². The molecule has 3 unspecified atom stereocenters. The van der Waals surface area contributed by atoms with Gasteiger partial charge in [0, 0.05) is 13.1 Å². The maximum atomic E-state index is 13.9. The molecule has 10 nitrogen and oxygen atoms in total. The first-order valence-corrected chi connectivity index (χ1v) is 14.9. The Morgan fingerprint density at radius 1 is 1.02 bits per heavy atom. The highest BCUT2D eigenvalue weighted by Crippen LogP contribution is 2.53. The first kappa shape index (κ1) is 26.6. The van der Waals surface area contributed by atoms with E-state index < -0.39 is 34.9 Å². The number of carbonyl (C=O) groups is 4. The Morgan fingerprint density at radius 3 is 2.45 bits per heavy atom. The Morgan fingerprint density at radius 2 is 1.77 bits per heavy atom. The Hall–Kier alpha value is -3.64. The maximum Gasteiger partial charge on any atom is 0.338 e. The molecule has 0 aliphatic carbocycles. The molecule has 3 aromatic rings. The summed E-state index contributed by atoms with van der Waals surface area (Å²) < 4.78 is 12.2. The molecule has 3 aliphatic heterocycles. The topological polar surface area (TPSA) is 119 Å². The molecular formula is C28H27N3O7S2. The minimum Gasteiger partial charge on any atom is -0.469 e. The van der Waals surface area contributed by atoms with Gasteiger partial charge in [-0.2, -0.15) is 0 Å². The van der Waals surface area contributed by atoms with E-state index in [2.05, 4.69) is 0 Å². The molecule has 0 radical (unpaired) electrons. The highest BCUT2D eigenvalue weighted by atomic mass is 32.2. The third-order valence-corrected chi connectivity index (χ3v) is 10.1. The molecule has 0 N–H and O–H groups in total. The highest BCUT2D eigenvalue weighted by molar-refractivity contribution is 8.00. The summed E-state index contributed by atoms with van der Waals surface area (Å²) in [6, 6.07) is 9.59. The SMILES string of the molecule is CCOC(=O)c1ccc(N2C(=O)C3Sc4c(sc(=O)n4CC(=O)N4CCCCC4)C(c4ccco4)C3C2=O)cc1. The van der Waals surface area contributed by atoms with Crippen LogP contribution in [0.2, 0.25) is 0 Å². The number of fused-ring (bicyclic) bond motifs is 2. The number of rotatable bonds is 6. The number of amides is 3. The minimum absolute atomic E-state index is 0.110. The number of aromatic nitrogens is 1. The van der Waals surface area contributed by atoms with E-state index in [4.69, 9.17) is 9.15 Å². The highest BCUT2D eigenvalue weighted by Gasteiger charge is 2.57. The molecule has 2 aromatic heterocycles. The average molecular weight is 582 g/mol. The van der Waals surface area contributed by atoms with Crippen molar-refractivity contribution in [3.05, 3.63) is 68.5 Å². The molecule has 12 heteroatoms. The summed E-state index contributed by atoms with van der Waals surface area (Å²) in [6.45, 7) is 3.18. The van der Waals surface area contributed by atoms with Crippen LogP contribution in [0.25, 0.3) is 0 Å². The van der Waals surface area contributed by atoms with Crippen molar-refractivity contribution in [1.82, 2.24) is 9.47 Å². The van der Waals surface area contributed by atoms with Crippen LogP contribution in [-0.2, 0) is 25.7 Å². The van der Waals surface area contributed by atoms with Crippen LogP contribution in [0.5, 0.6) is 0 Å². The monoisotopic (exact) mass is 581 g/mol. The number of anilines is 1. The van der Waals surface area contributed by atoms with Gasteiger partial charge in [-0.1, -0.05) is 23.1 Å². The van der Waals surface area contributed by atoms with Crippen LogP contribution in [0.3, 0.4) is 0 Å². The number of ether oxygens (including phenoxy) is 1. The lowest BCUT2D eigenvalue weighted by Crippen LogP contribution is -2.39. The van der Waals surface area contributed by atoms with Crippen LogP contribution < -0.4 is 9.77 Å². The van der Waals surface area contributed by atoms with Gasteiger partial charge in [0.15, 0.2) is 0 Å². The number of carbonyl (C=O) groups excluding carboxylic acids is 4. The summed E-state index contributed by atoms with van der Waals surface area (Å²) in [6.07, 6.45) is 4.46. The molecule has 3 atom stereocenters. The summed E-state index contributed by atoms with van der Waals surface area (Å²) >= 11 is 2.16. The standard InChI is InChI=1S/C28H27N3O7S2/c1-2-37-27(35)16-8-10-17(11-9-16)31-24(33)21-20(18-7-6-14-38-18)23-26(39-22(21)25(31)34)30(28(36)40-23)15-19(32)29-12-4-3-5-13-29/h6-11,14,20-22H,2-5,12-13,15H2,1H3. The summed E-state index contributed by atoms with van der Waals surface area (Å²) in [7, 11) is 0. The first-order chi connectivity index (χ1) is 19.4. The van der Waals surface area contributed by atoms with E-state index in [1.807, 2.05) is 0 Å². The van der Waals surface area contributed by atoms with Crippen LogP contribution in [-0.4, -0.2) is 58.1 Å². The van der Waals surface area contributed by atoms with E-state index in [9.17, 15) is 24.0 Å². The largest absolute Gasteiger partial charge is 0.469 e. The minimum atomic E-state index is -0.815. The van der Waals surface area contributed by atoms with E-state index >= 15 is 0 Å². The van der Waals surface area contributed by atoms with E-state index in [0.717, 1.165) is 47.3 Å². The summed E-state index contributed by atoms with van der Waals surface area (Å²) in [5, 5.41) is -0.283. The molecule has 0 spiro atoms. The van der Waals surface area contributed by atoms with Crippen LogP contribution in [0, 0.1) is 5.92 Å². The molecule has 2 fully saturated rings. The molecule has 5 heterocycles. The number of likely N-dealkylation sites (tertiary alicyclic amines) is 1. The smallest absolute Gasteiger partial charge is 0.338 e. The molecule has 6 rings (SSSR count). The van der Waals surface area contributed by atoms with Crippen LogP contribution in [0.15, 0.2) is 56.9 Å². The van der Waals surface area contributed by atoms with Crippen molar-refractivity contribution in [1.29, 1.82) is 0 Å². The second-order valence-electron chi connectivity index (χ2n) is 9.90. The molecule has 3 amide bonds. The van der Waals surface area contributed by atoms with Crippen molar-refractivity contribution in [3.8, 4) is 0 Å². The lowest BCUT2D eigenvalue weighted by atomic mass is 9.87. The van der Waals surface area contributed by atoms with Gasteiger partial charge in [0.2, 0.25) is 17.7 Å². The predicted molar refractivity (Wildman–Crippen MR) is 148 cm³/mol. The number of thiazole rings is 1. The Labute approximate surface area is 237 Å². The fraction of sp³-hybridized carbons (Fsp3) is 0.393. The lowest BCUT2D eigenvalue weighted by molar-refractivity contribution is -0.133. The molecular weight excluding hydrogens is 554 g/mol. The summed E-state index contributed by atoms with van der Waals surface area (Å²) in [5.74, 6) is -2.42. The number of nitrogens with zero attached hydrogens (tertiary/aromatic N) is 3. The van der Waals surface area contributed by atoms with Crippen molar-refractivity contribution in [3.63, 3.8) is 0 Å². The third kappa shape index (κ3) is 4.48. The zero-order chi connectivity index (χ0) is 28.0. The van der Waals surface area contributed by atoms with E-state index in [1.54, 1.807) is 36.1 Å². The molecule has 3 aliphatic rings. The van der Waals surface area contributed by atoms with Crippen LogP contribution in [0.1, 0.15) is 53.1 Å². The fourth-order valence-corrected chi connectivity index (χ4v) is 8.38. The summed E-state index contributed by atoms with van der Waals surface area (Å²) in [4.78, 5) is 69.3. The van der Waals surface area contributed by atoms with Crippen LogP contribution >= 0.6 is 23.1 Å². The number of benzene rings is 1. The lowest BCUT2D eigenvalue weighted by Gasteiger charge is -2.30. The second-order valence-corrected chi connectivity index (χ2v) is 12.0. The molecule has 0 bridgehead atoms. The van der Waals surface area contributed by atoms with Crippen molar-refractivity contribution in [2.75, 3.05) is 24.6 Å². The van der Waals surface area contributed by atoms with Gasteiger partial charge in [-0.05, 0) is 62.6 Å². The van der Waals surface area contributed by atoms with Gasteiger partial charge < -0.3 is 14.1 Å². The number of piperidine rings is 1. The number of hydrogen-bond donors (Lipinski definition) is 0. The van der Waals surface area contributed by atoms with E-state index in [0.29, 0.717) is 40.0 Å². The molecule has 40 heavy (non-hydrogen) atoms. The fourth-order valence-electron chi connectivity index (χ4n) is 5.62. The zero-order valence-electron chi connectivity index (χ0n) is 21.7. The quantitative estimate of drug-likeness (QED) is 0.321. The Kier molecular flexibility index (Phi) is 7.13. The number of imide groups is 1. The van der Waals surface area contributed by atoms with Crippen molar-refractivity contribution in [2.45, 2.75) is 48.9 Å². The van der Waals surface area contributed by atoms with Gasteiger partial charge in [-0.15, -0.1) is 0 Å². The van der Waals surface area contributed by atoms with Crippen LogP contribution in [0.4, 0.5) is 5.69 Å². The second kappa shape index (κ2) is 10.7. The molecule has 0 saturated carbocycles. The number of hydrogen-bond acceptors (Lipinski definition) is 9. The van der Waals surface area contributed by atoms with Crippen molar-refractivity contribution < 1.29 is 28.3 Å². The predicted octanol–water partition coefficient (Wildman–Crippen LogP) is 3.49. The average Bonchev–Trinajstić information content (AvgIpc) is 3.66. The van der Waals surface area contributed by atoms with Crippen molar-refractivity contribution in [2.24, 2.45) is 5.92 Å². The number of furan rings is 1. The van der Waals surface area contributed by atoms with Gasteiger partial charge >= 0.3 is 10.8 Å². The zero-order valence-corrected chi connectivity index (χ0v) is 23.4. The van der Waals surface area contributed by atoms with Gasteiger partial charge in [0.25, 0.3) is 0 Å². The maximum absolute atomic E-state index is 13.9. The first-order valence-electron chi connectivity index (χ1n) is 13.3. The van der Waals surface area contributed by atoms with Gasteiger partial charge in [0.1, 0.15) is 17.6 Å². The molecule has 1 aromatic carbocycles. The van der Waals surface area contributed by atoms with Crippen molar-refractivity contribution >= 4 is 52.5 Å².